The number of hydrogen-bond acceptors (Lipinski definition) is 3. The Morgan fingerprint density at radius 1 is 1.27 bits per heavy atom. The van der Waals surface area contributed by atoms with Crippen LogP contribution in [-0.2, 0) is 0 Å². The van der Waals surface area contributed by atoms with E-state index in [1.807, 2.05) is 24.3 Å². The number of aliphatic hydroxyl groups is 1. The van der Waals surface area contributed by atoms with Crippen molar-refractivity contribution >= 4 is 11.7 Å². The van der Waals surface area contributed by atoms with E-state index in [-0.39, 0.29) is 12.6 Å². The molecule has 122 valence electrons. The standard InChI is InChI=1S/C17H26N2O3/c1-19(11-12-20)17(21)18-15-7-9-16(10-8-15)22-13-14-5-3-2-4-6-14/h7-10,14,20H,2-6,11-13H2,1H3,(H,18,21). The van der Waals surface area contributed by atoms with Crippen LogP contribution in [0.5, 0.6) is 5.75 Å². The zero-order valence-electron chi connectivity index (χ0n) is 13.3. The number of carbonyl (C=O) groups excluding carboxylic acids is 1. The fourth-order valence-corrected chi connectivity index (χ4v) is 2.67. The third-order valence-electron chi connectivity index (χ3n) is 4.10. The first-order valence-electron chi connectivity index (χ1n) is 8.05. The molecule has 2 rings (SSSR count). The lowest BCUT2D eigenvalue weighted by atomic mass is 9.90. The molecule has 2 amide bonds. The highest BCUT2D eigenvalue weighted by atomic mass is 16.5. The number of benzene rings is 1. The minimum absolute atomic E-state index is 0.0438. The molecule has 1 aliphatic rings. The number of urea groups is 1. The number of likely N-dealkylation sites (N-methyl/N-ethyl adjacent to an activating group) is 1. The van der Waals surface area contributed by atoms with Crippen molar-refractivity contribution in [3.63, 3.8) is 0 Å². The first-order valence-corrected chi connectivity index (χ1v) is 8.05. The van der Waals surface area contributed by atoms with Crippen LogP contribution in [0, 0.1) is 5.92 Å². The van der Waals surface area contributed by atoms with Gasteiger partial charge in [0.2, 0.25) is 0 Å². The van der Waals surface area contributed by atoms with Gasteiger partial charge in [-0.1, -0.05) is 19.3 Å². The Morgan fingerprint density at radius 2 is 1.95 bits per heavy atom. The molecule has 1 aromatic rings. The van der Waals surface area contributed by atoms with E-state index in [1.54, 1.807) is 7.05 Å². The molecule has 0 aliphatic heterocycles. The van der Waals surface area contributed by atoms with Gasteiger partial charge in [-0.15, -0.1) is 0 Å². The van der Waals surface area contributed by atoms with Gasteiger partial charge in [0.1, 0.15) is 5.75 Å². The Balaban J connectivity index is 1.78. The molecule has 0 aromatic heterocycles. The van der Waals surface area contributed by atoms with Crippen LogP contribution in [0.2, 0.25) is 0 Å². The highest BCUT2D eigenvalue weighted by molar-refractivity contribution is 5.89. The van der Waals surface area contributed by atoms with E-state index in [9.17, 15) is 4.79 Å². The van der Waals surface area contributed by atoms with E-state index < -0.39 is 0 Å². The summed E-state index contributed by atoms with van der Waals surface area (Å²) in [5.74, 6) is 1.52. The van der Waals surface area contributed by atoms with Crippen LogP contribution in [0.25, 0.3) is 0 Å². The molecule has 22 heavy (non-hydrogen) atoms. The predicted molar refractivity (Wildman–Crippen MR) is 87.2 cm³/mol. The summed E-state index contributed by atoms with van der Waals surface area (Å²) >= 11 is 0. The molecule has 1 aromatic carbocycles. The van der Waals surface area contributed by atoms with Crippen LogP contribution in [0.3, 0.4) is 0 Å². The molecule has 1 saturated carbocycles. The molecule has 1 fully saturated rings. The van der Waals surface area contributed by atoms with Crippen molar-refractivity contribution in [2.45, 2.75) is 32.1 Å². The minimum atomic E-state index is -0.232. The molecule has 5 nitrogen and oxygen atoms in total. The molecule has 0 radical (unpaired) electrons. The topological polar surface area (TPSA) is 61.8 Å². The lowest BCUT2D eigenvalue weighted by molar-refractivity contribution is 0.202. The quantitative estimate of drug-likeness (QED) is 0.849. The van der Waals surface area contributed by atoms with Crippen molar-refractivity contribution in [1.82, 2.24) is 4.90 Å². The number of nitrogens with zero attached hydrogens (tertiary/aromatic N) is 1. The van der Waals surface area contributed by atoms with E-state index in [1.165, 1.54) is 37.0 Å². The maximum absolute atomic E-state index is 11.8. The second-order valence-electron chi connectivity index (χ2n) is 5.91. The Morgan fingerprint density at radius 3 is 2.59 bits per heavy atom. The summed E-state index contributed by atoms with van der Waals surface area (Å²) < 4.78 is 5.84. The van der Waals surface area contributed by atoms with E-state index >= 15 is 0 Å². The molecule has 5 heteroatoms. The summed E-state index contributed by atoms with van der Waals surface area (Å²) in [6.45, 7) is 1.05. The number of nitrogens with one attached hydrogen (secondary N) is 1. The molecule has 0 bridgehead atoms. The summed E-state index contributed by atoms with van der Waals surface area (Å²) in [5.41, 5.74) is 0.722. The average Bonchev–Trinajstić information content (AvgIpc) is 2.55. The summed E-state index contributed by atoms with van der Waals surface area (Å²) in [7, 11) is 1.65. The molecule has 0 atom stereocenters. The second kappa shape index (κ2) is 8.63. The van der Waals surface area contributed by atoms with Gasteiger partial charge in [0, 0.05) is 19.3 Å². The largest absolute Gasteiger partial charge is 0.493 e. The van der Waals surface area contributed by atoms with Crippen molar-refractivity contribution in [2.24, 2.45) is 5.92 Å². The molecule has 1 aliphatic carbocycles. The van der Waals surface area contributed by atoms with Gasteiger partial charge in [-0.3, -0.25) is 0 Å². The number of aliphatic hydroxyl groups excluding tert-OH is 1. The molecular formula is C17H26N2O3. The molecular weight excluding hydrogens is 280 g/mol. The fourth-order valence-electron chi connectivity index (χ4n) is 2.67. The van der Waals surface area contributed by atoms with E-state index in [2.05, 4.69) is 5.32 Å². The second-order valence-corrected chi connectivity index (χ2v) is 5.91. The molecule has 2 N–H and O–H groups in total. The van der Waals surface area contributed by atoms with Gasteiger partial charge in [-0.25, -0.2) is 4.79 Å². The number of hydrogen-bond donors (Lipinski definition) is 2. The lowest BCUT2D eigenvalue weighted by Crippen LogP contribution is -2.33. The fraction of sp³-hybridized carbons (Fsp3) is 0.588. The Labute approximate surface area is 132 Å². The van der Waals surface area contributed by atoms with Gasteiger partial charge in [0.25, 0.3) is 0 Å². The van der Waals surface area contributed by atoms with Crippen LogP contribution >= 0.6 is 0 Å². The minimum Gasteiger partial charge on any atom is -0.493 e. The molecule has 0 heterocycles. The first kappa shape index (κ1) is 16.6. The van der Waals surface area contributed by atoms with E-state index in [4.69, 9.17) is 9.84 Å². The van der Waals surface area contributed by atoms with Gasteiger partial charge in [-0.2, -0.15) is 0 Å². The zero-order chi connectivity index (χ0) is 15.8. The monoisotopic (exact) mass is 306 g/mol. The maximum atomic E-state index is 11.8. The third kappa shape index (κ3) is 5.22. The Kier molecular flexibility index (Phi) is 6.52. The van der Waals surface area contributed by atoms with Crippen molar-refractivity contribution in [3.8, 4) is 5.75 Å². The van der Waals surface area contributed by atoms with Crippen molar-refractivity contribution in [1.29, 1.82) is 0 Å². The summed E-state index contributed by atoms with van der Waals surface area (Å²) in [4.78, 5) is 13.2. The molecule has 0 unspecified atom stereocenters. The van der Waals surface area contributed by atoms with Gasteiger partial charge in [-0.05, 0) is 43.0 Å². The number of anilines is 1. The number of rotatable bonds is 6. The number of carbonyl (C=O) groups is 1. The van der Waals surface area contributed by atoms with Gasteiger partial charge in [0.05, 0.1) is 13.2 Å². The SMILES string of the molecule is CN(CCO)C(=O)Nc1ccc(OCC2CCCCC2)cc1. The van der Waals surface area contributed by atoms with E-state index in [0.717, 1.165) is 18.0 Å². The molecule has 0 saturated heterocycles. The highest BCUT2D eigenvalue weighted by Gasteiger charge is 2.14. The van der Waals surface area contributed by atoms with Gasteiger partial charge in [0.15, 0.2) is 0 Å². The van der Waals surface area contributed by atoms with Crippen LogP contribution in [-0.4, -0.2) is 42.8 Å². The average molecular weight is 306 g/mol. The lowest BCUT2D eigenvalue weighted by Gasteiger charge is -2.21. The van der Waals surface area contributed by atoms with Gasteiger partial charge >= 0.3 is 6.03 Å². The van der Waals surface area contributed by atoms with E-state index in [0.29, 0.717) is 12.5 Å². The van der Waals surface area contributed by atoms with Crippen LogP contribution < -0.4 is 10.1 Å². The van der Waals surface area contributed by atoms with Crippen molar-refractivity contribution in [3.05, 3.63) is 24.3 Å². The van der Waals surface area contributed by atoms with Crippen molar-refractivity contribution in [2.75, 3.05) is 32.1 Å². The Hall–Kier alpha value is -1.75. The smallest absolute Gasteiger partial charge is 0.321 e. The third-order valence-corrected chi connectivity index (χ3v) is 4.10. The first-order chi connectivity index (χ1) is 10.7. The summed E-state index contributed by atoms with van der Waals surface area (Å²) in [6.07, 6.45) is 6.53. The maximum Gasteiger partial charge on any atom is 0.321 e. The zero-order valence-corrected chi connectivity index (χ0v) is 13.3. The highest BCUT2D eigenvalue weighted by Crippen LogP contribution is 2.25. The van der Waals surface area contributed by atoms with Crippen LogP contribution in [0.4, 0.5) is 10.5 Å². The van der Waals surface area contributed by atoms with Crippen LogP contribution in [0.15, 0.2) is 24.3 Å². The normalized spacial score (nSPS) is 15.4. The number of amides is 2. The number of ether oxygens (including phenoxy) is 1. The Bertz CT molecular complexity index is 455. The molecule has 0 spiro atoms. The summed E-state index contributed by atoms with van der Waals surface area (Å²) in [6, 6.07) is 7.20. The van der Waals surface area contributed by atoms with Gasteiger partial charge < -0.3 is 20.1 Å². The predicted octanol–water partition coefficient (Wildman–Crippen LogP) is 3.10. The van der Waals surface area contributed by atoms with Crippen molar-refractivity contribution < 1.29 is 14.6 Å². The van der Waals surface area contributed by atoms with Crippen LogP contribution in [0.1, 0.15) is 32.1 Å². The summed E-state index contributed by atoms with van der Waals surface area (Å²) in [5, 5.41) is 11.6.